The van der Waals surface area contributed by atoms with E-state index in [0.717, 1.165) is 19.3 Å². The first-order valence-corrected chi connectivity index (χ1v) is 6.43. The summed E-state index contributed by atoms with van der Waals surface area (Å²) in [6.07, 6.45) is 4.38. The highest BCUT2D eigenvalue weighted by atomic mass is 19.3. The third-order valence-corrected chi connectivity index (χ3v) is 3.34. The van der Waals surface area contributed by atoms with Crippen molar-refractivity contribution in [3.8, 4) is 5.75 Å². The van der Waals surface area contributed by atoms with Gasteiger partial charge in [-0.1, -0.05) is 0 Å². The summed E-state index contributed by atoms with van der Waals surface area (Å²) in [5, 5.41) is 7.44. The summed E-state index contributed by atoms with van der Waals surface area (Å²) in [4.78, 5) is 4.24. The Bertz CT molecular complexity index is 603. The fraction of sp³-hybridized carbons (Fsp3) is 0.500. The SMILES string of the molecule is N[C@H]1CC[C@H](Nc2nc3cc(OC(F)F)ccn3n2)C1. The number of ether oxygens (including phenoxy) is 1. The Morgan fingerprint density at radius 1 is 1.45 bits per heavy atom. The number of fused-ring (bicyclic) bond motifs is 1. The zero-order valence-corrected chi connectivity index (χ0v) is 10.7. The number of pyridine rings is 1. The smallest absolute Gasteiger partial charge is 0.387 e. The van der Waals surface area contributed by atoms with Crippen molar-refractivity contribution < 1.29 is 13.5 Å². The van der Waals surface area contributed by atoms with E-state index in [0.29, 0.717) is 11.6 Å². The zero-order valence-electron chi connectivity index (χ0n) is 10.7. The van der Waals surface area contributed by atoms with Gasteiger partial charge in [0.05, 0.1) is 0 Å². The number of aromatic nitrogens is 3. The first-order chi connectivity index (χ1) is 9.60. The largest absolute Gasteiger partial charge is 0.435 e. The van der Waals surface area contributed by atoms with Crippen LogP contribution in [0.2, 0.25) is 0 Å². The zero-order chi connectivity index (χ0) is 14.1. The molecule has 0 amide bonds. The van der Waals surface area contributed by atoms with E-state index in [1.165, 1.54) is 22.8 Å². The van der Waals surface area contributed by atoms with Crippen LogP contribution in [0.5, 0.6) is 5.75 Å². The van der Waals surface area contributed by atoms with Gasteiger partial charge in [-0.15, -0.1) is 5.10 Å². The first-order valence-electron chi connectivity index (χ1n) is 6.43. The van der Waals surface area contributed by atoms with Gasteiger partial charge in [0.15, 0.2) is 5.65 Å². The molecule has 2 aromatic heterocycles. The van der Waals surface area contributed by atoms with Crippen molar-refractivity contribution in [3.63, 3.8) is 0 Å². The average Bonchev–Trinajstić information content (AvgIpc) is 2.94. The first kappa shape index (κ1) is 13.0. The molecule has 2 atom stereocenters. The van der Waals surface area contributed by atoms with Crippen molar-refractivity contribution in [3.05, 3.63) is 18.3 Å². The summed E-state index contributed by atoms with van der Waals surface area (Å²) < 4.78 is 30.1. The molecule has 3 N–H and O–H groups in total. The molecule has 0 aliphatic heterocycles. The molecule has 0 radical (unpaired) electrons. The van der Waals surface area contributed by atoms with E-state index in [9.17, 15) is 8.78 Å². The number of hydrogen-bond donors (Lipinski definition) is 2. The van der Waals surface area contributed by atoms with E-state index < -0.39 is 6.61 Å². The van der Waals surface area contributed by atoms with Gasteiger partial charge < -0.3 is 15.8 Å². The molecule has 3 rings (SSSR count). The molecule has 20 heavy (non-hydrogen) atoms. The van der Waals surface area contributed by atoms with Gasteiger partial charge in [-0.3, -0.25) is 0 Å². The number of halogens is 2. The normalized spacial score (nSPS) is 22.6. The van der Waals surface area contributed by atoms with Crippen LogP contribution in [0.25, 0.3) is 5.65 Å². The number of nitrogens with two attached hydrogens (primary N) is 1. The Morgan fingerprint density at radius 3 is 3.00 bits per heavy atom. The number of nitrogens with one attached hydrogen (secondary N) is 1. The highest BCUT2D eigenvalue weighted by Gasteiger charge is 2.22. The highest BCUT2D eigenvalue weighted by Crippen LogP contribution is 2.21. The second-order valence-corrected chi connectivity index (χ2v) is 4.89. The maximum atomic E-state index is 12.1. The highest BCUT2D eigenvalue weighted by molar-refractivity contribution is 5.47. The molecule has 2 heterocycles. The minimum absolute atomic E-state index is 0.0642. The molecule has 1 fully saturated rings. The van der Waals surface area contributed by atoms with Crippen LogP contribution in [-0.4, -0.2) is 33.3 Å². The lowest BCUT2D eigenvalue weighted by Gasteiger charge is -2.09. The Morgan fingerprint density at radius 2 is 2.30 bits per heavy atom. The van der Waals surface area contributed by atoms with Crippen molar-refractivity contribution in [1.82, 2.24) is 14.6 Å². The summed E-state index contributed by atoms with van der Waals surface area (Å²) in [7, 11) is 0. The van der Waals surface area contributed by atoms with Crippen LogP contribution in [0.15, 0.2) is 18.3 Å². The maximum Gasteiger partial charge on any atom is 0.387 e. The van der Waals surface area contributed by atoms with Crippen molar-refractivity contribution in [2.45, 2.75) is 38.0 Å². The molecule has 0 unspecified atom stereocenters. The molecule has 108 valence electrons. The lowest BCUT2D eigenvalue weighted by molar-refractivity contribution is -0.0498. The fourth-order valence-corrected chi connectivity index (χ4v) is 2.43. The predicted octanol–water partition coefficient (Wildman–Crippen LogP) is 1.62. The molecular formula is C12H15F2N5O. The van der Waals surface area contributed by atoms with E-state index in [2.05, 4.69) is 20.1 Å². The summed E-state index contributed by atoms with van der Waals surface area (Å²) in [5.74, 6) is 0.535. The molecule has 2 aromatic rings. The van der Waals surface area contributed by atoms with Gasteiger partial charge in [-0.2, -0.15) is 13.8 Å². The molecule has 1 aliphatic rings. The second-order valence-electron chi connectivity index (χ2n) is 4.89. The van der Waals surface area contributed by atoms with Crippen LogP contribution in [0.4, 0.5) is 14.7 Å². The minimum Gasteiger partial charge on any atom is -0.435 e. The van der Waals surface area contributed by atoms with Gasteiger partial charge in [0, 0.05) is 24.3 Å². The third kappa shape index (κ3) is 2.79. The van der Waals surface area contributed by atoms with Gasteiger partial charge in [-0.25, -0.2) is 4.52 Å². The molecule has 0 saturated heterocycles. The van der Waals surface area contributed by atoms with E-state index in [4.69, 9.17) is 5.73 Å². The quantitative estimate of drug-likeness (QED) is 0.891. The van der Waals surface area contributed by atoms with Crippen molar-refractivity contribution in [2.24, 2.45) is 5.73 Å². The summed E-state index contributed by atoms with van der Waals surface area (Å²) in [6, 6.07) is 3.32. The fourth-order valence-electron chi connectivity index (χ4n) is 2.43. The van der Waals surface area contributed by atoms with E-state index in [1.807, 2.05) is 0 Å². The van der Waals surface area contributed by atoms with Gasteiger partial charge in [0.2, 0.25) is 5.95 Å². The Balaban J connectivity index is 1.76. The number of alkyl halides is 2. The van der Waals surface area contributed by atoms with Gasteiger partial charge in [0.1, 0.15) is 5.75 Å². The lowest BCUT2D eigenvalue weighted by atomic mass is 10.2. The van der Waals surface area contributed by atoms with E-state index >= 15 is 0 Å². The molecule has 6 nitrogen and oxygen atoms in total. The van der Waals surface area contributed by atoms with Crippen LogP contribution in [-0.2, 0) is 0 Å². The predicted molar refractivity (Wildman–Crippen MR) is 68.9 cm³/mol. The topological polar surface area (TPSA) is 77.5 Å². The third-order valence-electron chi connectivity index (χ3n) is 3.34. The molecule has 1 saturated carbocycles. The lowest BCUT2D eigenvalue weighted by Crippen LogP contribution is -2.21. The minimum atomic E-state index is -2.85. The molecule has 0 bridgehead atoms. The Labute approximate surface area is 113 Å². The summed E-state index contributed by atoms with van der Waals surface area (Å²) in [6.45, 7) is -2.85. The molecule has 8 heteroatoms. The average molecular weight is 283 g/mol. The van der Waals surface area contributed by atoms with Gasteiger partial charge in [0.25, 0.3) is 0 Å². The van der Waals surface area contributed by atoms with Crippen molar-refractivity contribution in [2.75, 3.05) is 5.32 Å². The van der Waals surface area contributed by atoms with Crippen molar-refractivity contribution >= 4 is 11.6 Å². The van der Waals surface area contributed by atoms with E-state index in [1.54, 1.807) is 0 Å². The molecule has 1 aliphatic carbocycles. The molecule has 0 spiro atoms. The summed E-state index contributed by atoms with van der Waals surface area (Å²) in [5.41, 5.74) is 6.30. The van der Waals surface area contributed by atoms with Crippen LogP contribution >= 0.6 is 0 Å². The van der Waals surface area contributed by atoms with Crippen LogP contribution in [0.3, 0.4) is 0 Å². The standard InChI is InChI=1S/C12H15F2N5O/c13-11(14)20-9-3-4-19-10(6-9)17-12(18-19)16-8-2-1-7(15)5-8/h3-4,6-8,11H,1-2,5,15H2,(H,16,18)/t7-,8-/m0/s1. The monoisotopic (exact) mass is 283 g/mol. The number of anilines is 1. The van der Waals surface area contributed by atoms with Crippen LogP contribution < -0.4 is 15.8 Å². The van der Waals surface area contributed by atoms with Crippen LogP contribution in [0.1, 0.15) is 19.3 Å². The number of rotatable bonds is 4. The van der Waals surface area contributed by atoms with Crippen LogP contribution in [0, 0.1) is 0 Å². The maximum absolute atomic E-state index is 12.1. The van der Waals surface area contributed by atoms with E-state index in [-0.39, 0.29) is 17.8 Å². The Hall–Kier alpha value is -1.96. The van der Waals surface area contributed by atoms with Gasteiger partial charge in [-0.05, 0) is 25.3 Å². The van der Waals surface area contributed by atoms with Crippen molar-refractivity contribution in [1.29, 1.82) is 0 Å². The Kier molecular flexibility index (Phi) is 3.39. The molecule has 0 aromatic carbocycles. The van der Waals surface area contributed by atoms with Gasteiger partial charge >= 0.3 is 6.61 Å². The second kappa shape index (κ2) is 5.20. The number of hydrogen-bond acceptors (Lipinski definition) is 5. The molecular weight excluding hydrogens is 268 g/mol. The number of nitrogens with zero attached hydrogens (tertiary/aromatic N) is 3. The summed E-state index contributed by atoms with van der Waals surface area (Å²) >= 11 is 0.